The molecule has 1 amide bonds. The Hall–Kier alpha value is -2.97. The van der Waals surface area contributed by atoms with Crippen molar-refractivity contribution in [3.05, 3.63) is 72.8 Å². The fourth-order valence-corrected chi connectivity index (χ4v) is 5.56. The summed E-state index contributed by atoms with van der Waals surface area (Å²) in [6.45, 7) is 3.30. The number of amides is 1. The fraction of sp³-hybridized carbons (Fsp3) is 0.304. The smallest absolute Gasteiger partial charge is 0.328 e. The minimum atomic E-state index is -0.465. The third-order valence-electron chi connectivity index (χ3n) is 6.04. The second kappa shape index (κ2) is 8.18. The standard InChI is InChI=1S/C23H21ClN4O3S/c1-2-28-22(30)16-5-3-14(11-17(16)26-23(28)31)21(29)27-9-7-13(8-10-27)20-25-18-12-15(24)4-6-19(18)32-20/h3-6,11-13H,2,7-10H2,1H3,(H,26,31). The number of aromatic amines is 1. The number of piperidine rings is 1. The maximum atomic E-state index is 13.1. The van der Waals surface area contributed by atoms with E-state index in [4.69, 9.17) is 16.6 Å². The van der Waals surface area contributed by atoms with Crippen molar-refractivity contribution in [3.63, 3.8) is 0 Å². The molecule has 1 aliphatic rings. The van der Waals surface area contributed by atoms with E-state index in [0.29, 0.717) is 47.0 Å². The SMILES string of the molecule is CCn1c(=O)[nH]c2cc(C(=O)N3CCC(c4nc5cc(Cl)ccc5s4)CC3)ccc2c1=O. The molecule has 1 fully saturated rings. The molecule has 5 rings (SSSR count). The lowest BCUT2D eigenvalue weighted by Crippen LogP contribution is -2.38. The summed E-state index contributed by atoms with van der Waals surface area (Å²) in [5.41, 5.74) is 0.965. The Morgan fingerprint density at radius 3 is 2.72 bits per heavy atom. The molecular formula is C23H21ClN4O3S. The Labute approximate surface area is 192 Å². The highest BCUT2D eigenvalue weighted by atomic mass is 35.5. The molecule has 0 spiro atoms. The number of aromatic nitrogens is 3. The molecule has 9 heteroatoms. The highest BCUT2D eigenvalue weighted by molar-refractivity contribution is 7.18. The number of nitrogens with one attached hydrogen (secondary N) is 1. The first kappa shape index (κ1) is 20.9. The van der Waals surface area contributed by atoms with Gasteiger partial charge in [0.15, 0.2) is 0 Å². The zero-order valence-corrected chi connectivity index (χ0v) is 19.0. The first-order valence-electron chi connectivity index (χ1n) is 10.6. The zero-order valence-electron chi connectivity index (χ0n) is 17.4. The lowest BCUT2D eigenvalue weighted by atomic mass is 9.97. The predicted octanol–water partition coefficient (Wildman–Crippen LogP) is 3.99. The number of halogens is 1. The van der Waals surface area contributed by atoms with E-state index in [-0.39, 0.29) is 11.5 Å². The van der Waals surface area contributed by atoms with Gasteiger partial charge in [0.25, 0.3) is 11.5 Å². The van der Waals surface area contributed by atoms with Gasteiger partial charge in [-0.2, -0.15) is 0 Å². The summed E-state index contributed by atoms with van der Waals surface area (Å²) in [5.74, 6) is 0.220. The molecule has 0 unspecified atom stereocenters. The number of fused-ring (bicyclic) bond motifs is 2. The van der Waals surface area contributed by atoms with Crippen molar-refractivity contribution in [3.8, 4) is 0 Å². The number of likely N-dealkylation sites (tertiary alicyclic amines) is 1. The fourth-order valence-electron chi connectivity index (χ4n) is 4.28. The minimum Gasteiger partial charge on any atom is -0.339 e. The summed E-state index contributed by atoms with van der Waals surface area (Å²) in [6, 6.07) is 10.6. The Bertz CT molecular complexity index is 1460. The zero-order chi connectivity index (χ0) is 22.4. The summed E-state index contributed by atoms with van der Waals surface area (Å²) in [6.07, 6.45) is 1.68. The summed E-state index contributed by atoms with van der Waals surface area (Å²) in [5, 5.41) is 2.17. The van der Waals surface area contributed by atoms with Gasteiger partial charge in [0.1, 0.15) is 0 Å². The quantitative estimate of drug-likeness (QED) is 0.492. The van der Waals surface area contributed by atoms with Gasteiger partial charge in [-0.3, -0.25) is 14.2 Å². The van der Waals surface area contributed by atoms with Gasteiger partial charge in [-0.05, 0) is 56.2 Å². The predicted molar refractivity (Wildman–Crippen MR) is 127 cm³/mol. The normalized spacial score (nSPS) is 15.0. The Balaban J connectivity index is 1.34. The molecule has 3 heterocycles. The number of nitrogens with zero attached hydrogens (tertiary/aromatic N) is 3. The maximum absolute atomic E-state index is 13.1. The van der Waals surface area contributed by atoms with E-state index in [1.807, 2.05) is 23.1 Å². The van der Waals surface area contributed by atoms with Crippen molar-refractivity contribution in [1.82, 2.24) is 19.4 Å². The Morgan fingerprint density at radius 1 is 1.19 bits per heavy atom. The van der Waals surface area contributed by atoms with E-state index in [1.54, 1.807) is 36.5 Å². The summed E-state index contributed by atoms with van der Waals surface area (Å²) < 4.78 is 2.26. The average Bonchev–Trinajstić information content (AvgIpc) is 3.22. The number of H-pyrrole nitrogens is 1. The molecule has 1 saturated heterocycles. The minimum absolute atomic E-state index is 0.0954. The van der Waals surface area contributed by atoms with Crippen LogP contribution in [-0.4, -0.2) is 38.4 Å². The number of benzene rings is 2. The van der Waals surface area contributed by atoms with Crippen LogP contribution in [0.1, 0.15) is 41.0 Å². The van der Waals surface area contributed by atoms with Gasteiger partial charge in [0.05, 0.1) is 26.1 Å². The van der Waals surface area contributed by atoms with Crippen molar-refractivity contribution < 1.29 is 4.79 Å². The van der Waals surface area contributed by atoms with Gasteiger partial charge >= 0.3 is 5.69 Å². The number of carbonyl (C=O) groups excluding carboxylic acids is 1. The van der Waals surface area contributed by atoms with Crippen LogP contribution in [0.15, 0.2) is 46.0 Å². The van der Waals surface area contributed by atoms with Crippen molar-refractivity contribution in [2.75, 3.05) is 13.1 Å². The van der Waals surface area contributed by atoms with Crippen LogP contribution in [0.2, 0.25) is 5.02 Å². The molecule has 2 aromatic carbocycles. The van der Waals surface area contributed by atoms with Gasteiger partial charge in [-0.1, -0.05) is 11.6 Å². The topological polar surface area (TPSA) is 88.1 Å². The van der Waals surface area contributed by atoms with Gasteiger partial charge in [-0.15, -0.1) is 11.3 Å². The molecule has 2 aromatic heterocycles. The van der Waals surface area contributed by atoms with Gasteiger partial charge in [-0.25, -0.2) is 9.78 Å². The third kappa shape index (κ3) is 3.63. The van der Waals surface area contributed by atoms with E-state index in [1.165, 1.54) is 0 Å². The molecule has 7 nitrogen and oxygen atoms in total. The van der Waals surface area contributed by atoms with E-state index >= 15 is 0 Å². The molecule has 0 bridgehead atoms. The van der Waals surface area contributed by atoms with Crippen LogP contribution >= 0.6 is 22.9 Å². The average molecular weight is 469 g/mol. The molecule has 0 radical (unpaired) electrons. The lowest BCUT2D eigenvalue weighted by Gasteiger charge is -2.31. The van der Waals surface area contributed by atoms with E-state index in [9.17, 15) is 14.4 Å². The van der Waals surface area contributed by atoms with Gasteiger partial charge < -0.3 is 9.88 Å². The van der Waals surface area contributed by atoms with Gasteiger partial charge in [0, 0.05) is 36.1 Å². The van der Waals surface area contributed by atoms with Crippen LogP contribution in [0.3, 0.4) is 0 Å². The number of hydrogen-bond acceptors (Lipinski definition) is 5. The van der Waals surface area contributed by atoms with Crippen LogP contribution in [0.25, 0.3) is 21.1 Å². The second-order valence-corrected chi connectivity index (χ2v) is 9.47. The lowest BCUT2D eigenvalue weighted by molar-refractivity contribution is 0.0713. The Kier molecular flexibility index (Phi) is 5.35. The van der Waals surface area contributed by atoms with Crippen LogP contribution in [0, 0.1) is 0 Å². The summed E-state index contributed by atoms with van der Waals surface area (Å²) in [4.78, 5) is 47.0. The third-order valence-corrected chi connectivity index (χ3v) is 7.48. The Morgan fingerprint density at radius 2 is 1.97 bits per heavy atom. The molecule has 4 aromatic rings. The van der Waals surface area contributed by atoms with Crippen molar-refractivity contribution >= 4 is 50.0 Å². The number of rotatable bonds is 3. The van der Waals surface area contributed by atoms with E-state index in [0.717, 1.165) is 32.6 Å². The maximum Gasteiger partial charge on any atom is 0.328 e. The van der Waals surface area contributed by atoms with Gasteiger partial charge in [0.2, 0.25) is 0 Å². The molecule has 0 saturated carbocycles. The van der Waals surface area contributed by atoms with Crippen LogP contribution in [-0.2, 0) is 6.54 Å². The molecule has 32 heavy (non-hydrogen) atoms. The number of carbonyl (C=O) groups is 1. The molecule has 1 aliphatic heterocycles. The molecule has 0 aliphatic carbocycles. The van der Waals surface area contributed by atoms with Crippen molar-refractivity contribution in [2.24, 2.45) is 0 Å². The summed E-state index contributed by atoms with van der Waals surface area (Å²) >= 11 is 7.76. The number of hydrogen-bond donors (Lipinski definition) is 1. The van der Waals surface area contributed by atoms with Crippen LogP contribution in [0.4, 0.5) is 0 Å². The van der Waals surface area contributed by atoms with Crippen LogP contribution < -0.4 is 11.2 Å². The molecule has 164 valence electrons. The van der Waals surface area contributed by atoms with Crippen LogP contribution in [0.5, 0.6) is 0 Å². The van der Waals surface area contributed by atoms with E-state index < -0.39 is 5.69 Å². The highest BCUT2D eigenvalue weighted by Gasteiger charge is 2.27. The largest absolute Gasteiger partial charge is 0.339 e. The molecule has 0 atom stereocenters. The van der Waals surface area contributed by atoms with Crippen molar-refractivity contribution in [1.29, 1.82) is 0 Å². The molecular weight excluding hydrogens is 448 g/mol. The highest BCUT2D eigenvalue weighted by Crippen LogP contribution is 2.35. The van der Waals surface area contributed by atoms with Crippen molar-refractivity contribution in [2.45, 2.75) is 32.2 Å². The summed E-state index contributed by atoms with van der Waals surface area (Å²) in [7, 11) is 0. The molecule has 1 N–H and O–H groups in total. The second-order valence-electron chi connectivity index (χ2n) is 7.97. The first-order valence-corrected chi connectivity index (χ1v) is 11.8. The monoisotopic (exact) mass is 468 g/mol. The first-order chi connectivity index (χ1) is 15.4. The number of thiazole rings is 1. The van der Waals surface area contributed by atoms with E-state index in [2.05, 4.69) is 4.98 Å².